The van der Waals surface area contributed by atoms with Gasteiger partial charge in [-0.15, -0.1) is 0 Å². The average molecular weight is 507 g/mol. The minimum atomic E-state index is -1.28. The lowest BCUT2D eigenvalue weighted by Gasteiger charge is -2.13. The zero-order chi connectivity index (χ0) is 26.1. The summed E-state index contributed by atoms with van der Waals surface area (Å²) in [7, 11) is 0. The molecule has 1 aliphatic carbocycles. The first-order valence-electron chi connectivity index (χ1n) is 12.4. The summed E-state index contributed by atoms with van der Waals surface area (Å²) < 4.78 is 36.8. The third-order valence-electron chi connectivity index (χ3n) is 7.09. The number of halogens is 2. The van der Waals surface area contributed by atoms with E-state index in [-0.39, 0.29) is 23.9 Å². The van der Waals surface area contributed by atoms with Crippen molar-refractivity contribution in [1.29, 1.82) is 0 Å². The fraction of sp³-hybridized carbons (Fsp3) is 0.310. The van der Waals surface area contributed by atoms with Gasteiger partial charge in [0.05, 0.1) is 18.0 Å². The lowest BCUT2D eigenvalue weighted by molar-refractivity contribution is -0.137. The molecule has 1 atom stereocenters. The van der Waals surface area contributed by atoms with E-state index < -0.39 is 23.4 Å². The van der Waals surface area contributed by atoms with Crippen molar-refractivity contribution in [3.05, 3.63) is 77.4 Å². The molecule has 0 aliphatic heterocycles. The van der Waals surface area contributed by atoms with Crippen LogP contribution in [0, 0.1) is 11.6 Å². The number of aromatic hydroxyl groups is 1. The van der Waals surface area contributed by atoms with Gasteiger partial charge in [0.25, 0.3) is 0 Å². The molecule has 0 saturated heterocycles. The van der Waals surface area contributed by atoms with E-state index in [1.807, 2.05) is 54.1 Å². The summed E-state index contributed by atoms with van der Waals surface area (Å²) in [6.45, 7) is 2.17. The average Bonchev–Trinajstić information content (AvgIpc) is 3.54. The van der Waals surface area contributed by atoms with E-state index in [0.29, 0.717) is 23.4 Å². The van der Waals surface area contributed by atoms with Crippen LogP contribution in [0.4, 0.5) is 8.78 Å². The standard InChI is InChI=1S/C29H28F2N2O4/c1-17(14-26(35)36)19-7-9-21(10-8-19)37-16-18-6-11-22-24(15-18)33(20-4-2-3-5-20)32-29(22)23-12-13-25(34)28(31)27(23)30/h6-13,15,17,20,34H,2-5,14,16H2,1H3,(H,35,36)/t17-/m0/s1. The van der Waals surface area contributed by atoms with Gasteiger partial charge in [-0.2, -0.15) is 9.49 Å². The van der Waals surface area contributed by atoms with Crippen molar-refractivity contribution in [1.82, 2.24) is 9.78 Å². The van der Waals surface area contributed by atoms with Gasteiger partial charge in [-0.05, 0) is 60.2 Å². The van der Waals surface area contributed by atoms with E-state index in [2.05, 4.69) is 0 Å². The van der Waals surface area contributed by atoms with Crippen molar-refractivity contribution in [2.24, 2.45) is 0 Å². The number of rotatable bonds is 8. The molecule has 0 unspecified atom stereocenters. The highest BCUT2D eigenvalue weighted by atomic mass is 19.2. The normalized spacial score (nSPS) is 14.8. The summed E-state index contributed by atoms with van der Waals surface area (Å²) in [6.07, 6.45) is 4.18. The number of nitrogens with zero attached hydrogens (tertiary/aromatic N) is 2. The lowest BCUT2D eigenvalue weighted by atomic mass is 9.98. The van der Waals surface area contributed by atoms with Crippen LogP contribution in [0.2, 0.25) is 0 Å². The van der Waals surface area contributed by atoms with Gasteiger partial charge in [-0.25, -0.2) is 4.39 Å². The molecule has 2 N–H and O–H groups in total. The fourth-order valence-corrected chi connectivity index (χ4v) is 5.06. The number of phenolic OH excluding ortho intramolecular Hbond substituents is 1. The molecule has 1 heterocycles. The Hall–Kier alpha value is -3.94. The second kappa shape index (κ2) is 10.2. The predicted molar refractivity (Wildman–Crippen MR) is 136 cm³/mol. The Kier molecular flexibility index (Phi) is 6.82. The van der Waals surface area contributed by atoms with Crippen LogP contribution < -0.4 is 4.74 Å². The van der Waals surface area contributed by atoms with Crippen molar-refractivity contribution in [2.45, 2.75) is 57.6 Å². The lowest BCUT2D eigenvalue weighted by Crippen LogP contribution is -2.07. The molecular formula is C29H28F2N2O4. The number of aromatic nitrogens is 2. The monoisotopic (exact) mass is 506 g/mol. The number of hydrogen-bond acceptors (Lipinski definition) is 4. The summed E-state index contributed by atoms with van der Waals surface area (Å²) >= 11 is 0. The van der Waals surface area contributed by atoms with Crippen LogP contribution in [-0.4, -0.2) is 26.0 Å². The highest BCUT2D eigenvalue weighted by Gasteiger charge is 2.25. The van der Waals surface area contributed by atoms with Crippen LogP contribution in [0.25, 0.3) is 22.2 Å². The number of benzene rings is 3. The molecule has 1 aliphatic rings. The van der Waals surface area contributed by atoms with E-state index in [1.165, 1.54) is 6.07 Å². The van der Waals surface area contributed by atoms with Crippen LogP contribution in [0.3, 0.4) is 0 Å². The molecule has 192 valence electrons. The fourth-order valence-electron chi connectivity index (χ4n) is 5.06. The molecule has 0 spiro atoms. The van der Waals surface area contributed by atoms with Crippen molar-refractivity contribution >= 4 is 16.9 Å². The van der Waals surface area contributed by atoms with Crippen LogP contribution in [0.15, 0.2) is 54.6 Å². The smallest absolute Gasteiger partial charge is 0.303 e. The Morgan fingerprint density at radius 3 is 2.51 bits per heavy atom. The van der Waals surface area contributed by atoms with Gasteiger partial charge >= 0.3 is 5.97 Å². The largest absolute Gasteiger partial charge is 0.505 e. The Balaban J connectivity index is 1.43. The molecule has 5 rings (SSSR count). The second-order valence-electron chi connectivity index (χ2n) is 9.70. The Bertz CT molecular complexity index is 1440. The minimum absolute atomic E-state index is 0.0123. The number of carboxylic acid groups (broad SMARTS) is 1. The van der Waals surface area contributed by atoms with E-state index in [1.54, 1.807) is 0 Å². The maximum absolute atomic E-state index is 14.8. The van der Waals surface area contributed by atoms with Gasteiger partial charge < -0.3 is 14.9 Å². The summed E-state index contributed by atoms with van der Waals surface area (Å²) in [5, 5.41) is 24.0. The minimum Gasteiger partial charge on any atom is -0.505 e. The van der Waals surface area contributed by atoms with Crippen LogP contribution >= 0.6 is 0 Å². The third kappa shape index (κ3) is 5.01. The van der Waals surface area contributed by atoms with E-state index in [9.17, 15) is 18.7 Å². The van der Waals surface area contributed by atoms with Crippen LogP contribution in [0.5, 0.6) is 11.5 Å². The van der Waals surface area contributed by atoms with E-state index in [0.717, 1.165) is 48.4 Å². The summed E-state index contributed by atoms with van der Waals surface area (Å²) in [5.74, 6) is -3.39. The number of ether oxygens (including phenoxy) is 1. The van der Waals surface area contributed by atoms with Crippen molar-refractivity contribution < 1.29 is 28.5 Å². The number of phenols is 1. The molecule has 1 saturated carbocycles. The zero-order valence-corrected chi connectivity index (χ0v) is 20.5. The predicted octanol–water partition coefficient (Wildman–Crippen LogP) is 6.96. The molecule has 1 aromatic heterocycles. The molecule has 1 fully saturated rings. The maximum atomic E-state index is 14.8. The highest BCUT2D eigenvalue weighted by Crippen LogP contribution is 2.38. The summed E-state index contributed by atoms with van der Waals surface area (Å²) in [4.78, 5) is 11.0. The number of hydrogen-bond donors (Lipinski definition) is 2. The zero-order valence-electron chi connectivity index (χ0n) is 20.5. The van der Waals surface area contributed by atoms with Crippen molar-refractivity contribution in [3.63, 3.8) is 0 Å². The van der Waals surface area contributed by atoms with E-state index >= 15 is 0 Å². The number of aliphatic carboxylic acids is 1. The second-order valence-corrected chi connectivity index (χ2v) is 9.70. The Morgan fingerprint density at radius 1 is 1.08 bits per heavy atom. The van der Waals surface area contributed by atoms with E-state index in [4.69, 9.17) is 14.9 Å². The van der Waals surface area contributed by atoms with Gasteiger partial charge in [0.1, 0.15) is 18.1 Å². The SMILES string of the molecule is C[C@@H](CC(=O)O)c1ccc(OCc2ccc3c(-c4ccc(O)c(F)c4F)nn(C4CCCC4)c3c2)cc1. The summed E-state index contributed by atoms with van der Waals surface area (Å²) in [5.41, 5.74) is 3.02. The number of fused-ring (bicyclic) bond motifs is 1. The maximum Gasteiger partial charge on any atom is 0.303 e. The van der Waals surface area contributed by atoms with Crippen LogP contribution in [0.1, 0.15) is 62.1 Å². The molecule has 4 aromatic rings. The Morgan fingerprint density at radius 2 is 1.81 bits per heavy atom. The first-order chi connectivity index (χ1) is 17.8. The number of carboxylic acids is 1. The molecule has 6 nitrogen and oxygen atoms in total. The van der Waals surface area contributed by atoms with Gasteiger partial charge in [0, 0.05) is 10.9 Å². The summed E-state index contributed by atoms with van der Waals surface area (Å²) in [6, 6.07) is 15.8. The molecule has 3 aromatic carbocycles. The quantitative estimate of drug-likeness (QED) is 0.270. The van der Waals surface area contributed by atoms with Crippen molar-refractivity contribution in [3.8, 4) is 22.8 Å². The van der Waals surface area contributed by atoms with Gasteiger partial charge in [-0.3, -0.25) is 9.48 Å². The van der Waals surface area contributed by atoms with Gasteiger partial charge in [0.15, 0.2) is 11.6 Å². The topological polar surface area (TPSA) is 84.6 Å². The molecule has 37 heavy (non-hydrogen) atoms. The third-order valence-corrected chi connectivity index (χ3v) is 7.09. The molecule has 0 radical (unpaired) electrons. The molecule has 8 heteroatoms. The van der Waals surface area contributed by atoms with Gasteiger partial charge in [-0.1, -0.05) is 44.0 Å². The molecular weight excluding hydrogens is 478 g/mol. The van der Waals surface area contributed by atoms with Crippen LogP contribution in [-0.2, 0) is 11.4 Å². The Labute approximate surface area is 213 Å². The first kappa shape index (κ1) is 24.7. The highest BCUT2D eigenvalue weighted by molar-refractivity contribution is 5.94. The molecule has 0 amide bonds. The number of carbonyl (C=O) groups is 1. The van der Waals surface area contributed by atoms with Crippen molar-refractivity contribution in [2.75, 3.05) is 0 Å². The van der Waals surface area contributed by atoms with Gasteiger partial charge in [0.2, 0.25) is 5.82 Å². The first-order valence-corrected chi connectivity index (χ1v) is 12.4. The molecule has 0 bridgehead atoms.